The molecule has 1 aliphatic rings. The number of anilines is 2. The third-order valence-electron chi connectivity index (χ3n) is 5.55. The highest BCUT2D eigenvalue weighted by atomic mass is 32.2. The number of sulfonamides is 1. The molecule has 33 heavy (non-hydrogen) atoms. The zero-order chi connectivity index (χ0) is 24.0. The van der Waals surface area contributed by atoms with Crippen molar-refractivity contribution in [2.45, 2.75) is 26.8 Å². The van der Waals surface area contributed by atoms with E-state index in [0.717, 1.165) is 11.4 Å². The van der Waals surface area contributed by atoms with E-state index in [4.69, 9.17) is 4.74 Å². The summed E-state index contributed by atoms with van der Waals surface area (Å²) in [6.07, 6.45) is 3.41. The molecule has 0 bridgehead atoms. The number of carbonyl (C=O) groups is 1. The van der Waals surface area contributed by atoms with Crippen molar-refractivity contribution in [3.63, 3.8) is 0 Å². The Morgan fingerprint density at radius 3 is 2.55 bits per heavy atom. The van der Waals surface area contributed by atoms with Crippen LogP contribution in [0, 0.1) is 11.3 Å². The highest BCUT2D eigenvalue weighted by Crippen LogP contribution is 2.29. The Labute approximate surface area is 195 Å². The summed E-state index contributed by atoms with van der Waals surface area (Å²) in [6, 6.07) is 7.35. The number of aryl methyl sites for hydroxylation is 1. The van der Waals surface area contributed by atoms with Gasteiger partial charge in [-0.2, -0.15) is 5.26 Å². The smallest absolute Gasteiger partial charge is 0.409 e. The topological polar surface area (TPSA) is 112 Å². The van der Waals surface area contributed by atoms with Crippen LogP contribution < -0.4 is 9.21 Å². The minimum absolute atomic E-state index is 0.00427. The molecule has 2 heterocycles. The van der Waals surface area contributed by atoms with Crippen LogP contribution in [-0.2, 0) is 28.4 Å². The van der Waals surface area contributed by atoms with E-state index < -0.39 is 10.0 Å². The highest BCUT2D eigenvalue weighted by Gasteiger charge is 2.26. The zero-order valence-corrected chi connectivity index (χ0v) is 20.1. The number of aromatic nitrogens is 2. The Balaban J connectivity index is 1.87. The summed E-state index contributed by atoms with van der Waals surface area (Å²) in [5, 5.41) is 9.83. The van der Waals surface area contributed by atoms with Crippen molar-refractivity contribution in [3.8, 4) is 6.07 Å². The summed E-state index contributed by atoms with van der Waals surface area (Å²) in [5.41, 5.74) is 2.29. The molecule has 2 aromatic rings. The van der Waals surface area contributed by atoms with E-state index in [0.29, 0.717) is 50.5 Å². The molecule has 1 fully saturated rings. The molecule has 10 nitrogen and oxygen atoms in total. The molecule has 0 saturated carbocycles. The van der Waals surface area contributed by atoms with Gasteiger partial charge in [-0.1, -0.05) is 6.92 Å². The number of hydrogen-bond acceptors (Lipinski definition) is 7. The average Bonchev–Trinajstić information content (AvgIpc) is 3.21. The minimum Gasteiger partial charge on any atom is -0.450 e. The summed E-state index contributed by atoms with van der Waals surface area (Å²) >= 11 is 0. The van der Waals surface area contributed by atoms with Gasteiger partial charge in [0.05, 0.1) is 47.9 Å². The first-order chi connectivity index (χ1) is 15.8. The van der Waals surface area contributed by atoms with Gasteiger partial charge in [0.15, 0.2) is 0 Å². The number of rotatable bonds is 8. The largest absolute Gasteiger partial charge is 0.450 e. The summed E-state index contributed by atoms with van der Waals surface area (Å²) < 4.78 is 34.3. The summed E-state index contributed by atoms with van der Waals surface area (Å²) in [7, 11) is -1.78. The van der Waals surface area contributed by atoms with Gasteiger partial charge in [0.1, 0.15) is 6.07 Å². The SMILES string of the molecule is CCCS(=O)(=O)N(Cc1cncn1C)c1ccc(N2CCN(C(=O)OCC)CC2)c(C#N)c1. The molecule has 1 amide bonds. The van der Waals surface area contributed by atoms with Crippen LogP contribution in [0.2, 0.25) is 0 Å². The van der Waals surface area contributed by atoms with E-state index in [1.54, 1.807) is 47.1 Å². The quantitative estimate of drug-likeness (QED) is 0.577. The van der Waals surface area contributed by atoms with Gasteiger partial charge in [-0.25, -0.2) is 18.2 Å². The Morgan fingerprint density at radius 1 is 1.24 bits per heavy atom. The van der Waals surface area contributed by atoms with E-state index in [2.05, 4.69) is 11.1 Å². The molecule has 0 N–H and O–H groups in total. The standard InChI is InChI=1S/C22H30N6O4S/c1-4-12-33(30,31)28(16-20-15-24-17-25(20)3)19-6-7-21(18(13-19)14-23)26-8-10-27(11-9-26)22(29)32-5-2/h6-7,13,15,17H,4-5,8-12,16H2,1-3H3. The minimum atomic E-state index is -3.59. The lowest BCUT2D eigenvalue weighted by molar-refractivity contribution is 0.105. The van der Waals surface area contributed by atoms with Crippen LogP contribution in [0.5, 0.6) is 0 Å². The molecule has 1 aliphatic heterocycles. The zero-order valence-electron chi connectivity index (χ0n) is 19.3. The second kappa shape index (κ2) is 10.6. The molecule has 178 valence electrons. The van der Waals surface area contributed by atoms with E-state index in [-0.39, 0.29) is 18.4 Å². The molecular formula is C22H30N6O4S. The first-order valence-electron chi connectivity index (χ1n) is 11.0. The average molecular weight is 475 g/mol. The first kappa shape index (κ1) is 24.4. The van der Waals surface area contributed by atoms with Crippen LogP contribution in [-0.4, -0.2) is 67.5 Å². The number of carbonyl (C=O) groups excluding carboxylic acids is 1. The van der Waals surface area contributed by atoms with E-state index in [1.807, 2.05) is 18.9 Å². The second-order valence-corrected chi connectivity index (χ2v) is 9.82. The molecule has 1 aromatic carbocycles. The summed E-state index contributed by atoms with van der Waals surface area (Å²) in [6.45, 7) is 6.13. The van der Waals surface area contributed by atoms with Crippen LogP contribution in [0.1, 0.15) is 31.5 Å². The van der Waals surface area contributed by atoms with Crippen LogP contribution in [0.15, 0.2) is 30.7 Å². The summed E-state index contributed by atoms with van der Waals surface area (Å²) in [4.78, 5) is 19.7. The monoisotopic (exact) mass is 474 g/mol. The van der Waals surface area contributed by atoms with Gasteiger partial charge in [-0.3, -0.25) is 4.31 Å². The summed E-state index contributed by atoms with van der Waals surface area (Å²) in [5.74, 6) is 0.00427. The fraction of sp³-hybridized carbons (Fsp3) is 0.500. The second-order valence-electron chi connectivity index (χ2n) is 7.80. The lowest BCUT2D eigenvalue weighted by Crippen LogP contribution is -2.49. The van der Waals surface area contributed by atoms with Gasteiger partial charge < -0.3 is 19.1 Å². The van der Waals surface area contributed by atoms with Gasteiger partial charge in [-0.05, 0) is 31.5 Å². The van der Waals surface area contributed by atoms with Crippen molar-refractivity contribution >= 4 is 27.5 Å². The van der Waals surface area contributed by atoms with Crippen molar-refractivity contribution in [2.75, 3.05) is 47.7 Å². The van der Waals surface area contributed by atoms with E-state index >= 15 is 0 Å². The fourth-order valence-electron chi connectivity index (χ4n) is 3.79. The number of amides is 1. The molecule has 0 unspecified atom stereocenters. The van der Waals surface area contributed by atoms with Crippen LogP contribution in [0.4, 0.5) is 16.2 Å². The lowest BCUT2D eigenvalue weighted by atomic mass is 10.1. The molecule has 0 atom stereocenters. The number of imidazole rings is 1. The van der Waals surface area contributed by atoms with Gasteiger partial charge in [0.2, 0.25) is 10.0 Å². The third-order valence-corrected chi connectivity index (χ3v) is 7.49. The van der Waals surface area contributed by atoms with Gasteiger partial charge in [0.25, 0.3) is 0 Å². The number of benzene rings is 1. The molecule has 11 heteroatoms. The maximum Gasteiger partial charge on any atom is 0.409 e. The Kier molecular flexibility index (Phi) is 7.81. The van der Waals surface area contributed by atoms with Gasteiger partial charge >= 0.3 is 6.09 Å². The van der Waals surface area contributed by atoms with Gasteiger partial charge in [-0.15, -0.1) is 0 Å². The number of nitrogens with zero attached hydrogens (tertiary/aromatic N) is 6. The Hall–Kier alpha value is -3.26. The molecule has 1 aromatic heterocycles. The predicted molar refractivity (Wildman–Crippen MR) is 125 cm³/mol. The first-order valence-corrected chi connectivity index (χ1v) is 12.6. The number of piperazine rings is 1. The predicted octanol–water partition coefficient (Wildman–Crippen LogP) is 2.32. The van der Waals surface area contributed by atoms with Crippen LogP contribution >= 0.6 is 0 Å². The van der Waals surface area contributed by atoms with E-state index in [9.17, 15) is 18.5 Å². The molecule has 1 saturated heterocycles. The molecular weight excluding hydrogens is 444 g/mol. The maximum atomic E-state index is 13.1. The molecule has 0 radical (unpaired) electrons. The highest BCUT2D eigenvalue weighted by molar-refractivity contribution is 7.92. The van der Waals surface area contributed by atoms with Gasteiger partial charge in [0, 0.05) is 39.4 Å². The van der Waals surface area contributed by atoms with Crippen molar-refractivity contribution in [3.05, 3.63) is 42.0 Å². The van der Waals surface area contributed by atoms with Crippen molar-refractivity contribution in [1.29, 1.82) is 5.26 Å². The molecule has 0 spiro atoms. The van der Waals surface area contributed by atoms with Crippen LogP contribution in [0.3, 0.4) is 0 Å². The number of hydrogen-bond donors (Lipinski definition) is 0. The molecule has 3 rings (SSSR count). The van der Waals surface area contributed by atoms with Crippen molar-refractivity contribution < 1.29 is 17.9 Å². The third kappa shape index (κ3) is 5.57. The molecule has 0 aliphatic carbocycles. The van der Waals surface area contributed by atoms with Crippen molar-refractivity contribution in [1.82, 2.24) is 14.5 Å². The Morgan fingerprint density at radius 2 is 1.97 bits per heavy atom. The Bertz CT molecular complexity index is 1120. The number of ether oxygens (including phenoxy) is 1. The van der Waals surface area contributed by atoms with Crippen molar-refractivity contribution in [2.24, 2.45) is 7.05 Å². The fourth-order valence-corrected chi connectivity index (χ4v) is 5.29. The maximum absolute atomic E-state index is 13.1. The number of nitriles is 1. The lowest BCUT2D eigenvalue weighted by Gasteiger charge is -2.36. The van der Waals surface area contributed by atoms with Crippen LogP contribution in [0.25, 0.3) is 0 Å². The normalized spacial score (nSPS) is 14.1. The van der Waals surface area contributed by atoms with E-state index in [1.165, 1.54) is 4.31 Å².